The fourth-order valence-corrected chi connectivity index (χ4v) is 4.86. The Morgan fingerprint density at radius 1 is 1.03 bits per heavy atom. The minimum Gasteiger partial charge on any atom is -0.364 e. The molecule has 0 bridgehead atoms. The molecule has 1 saturated heterocycles. The molecule has 0 saturated carbocycles. The van der Waals surface area contributed by atoms with Crippen LogP contribution in [0.1, 0.15) is 27.5 Å². The zero-order chi connectivity index (χ0) is 20.4. The number of H-pyrrole nitrogens is 1. The van der Waals surface area contributed by atoms with Crippen molar-refractivity contribution in [3.63, 3.8) is 0 Å². The number of nitrogens with one attached hydrogen (secondary N) is 2. The minimum atomic E-state index is -0.486. The Morgan fingerprint density at radius 2 is 1.76 bits per heavy atom. The van der Waals surface area contributed by atoms with Crippen molar-refractivity contribution in [3.05, 3.63) is 71.4 Å². The van der Waals surface area contributed by atoms with Crippen LogP contribution < -0.4 is 11.1 Å². The fraction of sp³-hybridized carbons (Fsp3) is 0.304. The van der Waals surface area contributed by atoms with Gasteiger partial charge in [0.1, 0.15) is 5.69 Å². The molecule has 1 aromatic heterocycles. The third-order valence-corrected chi connectivity index (χ3v) is 6.25. The highest BCUT2D eigenvalue weighted by atomic mass is 35.5. The molecule has 1 amide bonds. The van der Waals surface area contributed by atoms with Gasteiger partial charge in [-0.15, -0.1) is 11.6 Å². The molecule has 3 atom stereocenters. The zero-order valence-corrected chi connectivity index (χ0v) is 16.8. The Labute approximate surface area is 174 Å². The molecule has 150 valence electrons. The Morgan fingerprint density at radius 3 is 2.48 bits per heavy atom. The van der Waals surface area contributed by atoms with Gasteiger partial charge in [0.05, 0.1) is 5.88 Å². The molecule has 3 aromatic rings. The van der Waals surface area contributed by atoms with Crippen LogP contribution in [0.2, 0.25) is 0 Å². The van der Waals surface area contributed by atoms with E-state index in [0.717, 1.165) is 28.5 Å². The van der Waals surface area contributed by atoms with Gasteiger partial charge >= 0.3 is 0 Å². The summed E-state index contributed by atoms with van der Waals surface area (Å²) in [6.45, 7) is 1.26. The predicted octanol–water partition coefficient (Wildman–Crippen LogP) is 3.24. The molecular weight excluding hydrogens is 386 g/mol. The van der Waals surface area contributed by atoms with Crippen LogP contribution >= 0.6 is 11.6 Å². The summed E-state index contributed by atoms with van der Waals surface area (Å²) in [6, 6.07) is 18.0. The van der Waals surface area contributed by atoms with Crippen LogP contribution in [-0.4, -0.2) is 35.6 Å². The van der Waals surface area contributed by atoms with Crippen LogP contribution in [0.25, 0.3) is 10.9 Å². The Hall–Kier alpha value is -2.63. The molecule has 1 aliphatic rings. The van der Waals surface area contributed by atoms with Crippen LogP contribution in [0.4, 0.5) is 0 Å². The Bertz CT molecular complexity index is 1030. The van der Waals surface area contributed by atoms with Crippen LogP contribution in [0, 0.1) is 11.8 Å². The van der Waals surface area contributed by atoms with Crippen molar-refractivity contribution in [2.45, 2.75) is 12.3 Å². The number of nitrogens with two attached hydrogens (primary N) is 1. The molecule has 2 heterocycles. The number of carbonyl (C=O) groups is 2. The third kappa shape index (κ3) is 3.80. The Kier molecular flexibility index (Phi) is 5.69. The van der Waals surface area contributed by atoms with Gasteiger partial charge in [-0.2, -0.15) is 0 Å². The summed E-state index contributed by atoms with van der Waals surface area (Å²) in [7, 11) is 0. The lowest BCUT2D eigenvalue weighted by Crippen LogP contribution is -2.47. The number of para-hydroxylation sites is 1. The number of alkyl halides is 1. The SMILES string of the molecule is NC(=O)c1[nH]c2ccccc2c1C1CNCC(C(=O)CCl)C1Cc1ccccc1. The number of halogens is 1. The van der Waals surface area contributed by atoms with Crippen LogP contribution in [0.3, 0.4) is 0 Å². The number of aromatic amines is 1. The van der Waals surface area contributed by atoms with Gasteiger partial charge < -0.3 is 16.0 Å². The van der Waals surface area contributed by atoms with Crippen molar-refractivity contribution in [1.82, 2.24) is 10.3 Å². The number of rotatable bonds is 6. The van der Waals surface area contributed by atoms with E-state index in [-0.39, 0.29) is 29.4 Å². The van der Waals surface area contributed by atoms with Gasteiger partial charge in [-0.3, -0.25) is 9.59 Å². The lowest BCUT2D eigenvalue weighted by atomic mass is 9.70. The first-order valence-corrected chi connectivity index (χ1v) is 10.4. The number of hydrogen-bond acceptors (Lipinski definition) is 3. The van der Waals surface area contributed by atoms with Crippen molar-refractivity contribution in [1.29, 1.82) is 0 Å². The number of Topliss-reactive ketones (excluding diaryl/α,β-unsaturated/α-hetero) is 1. The quantitative estimate of drug-likeness (QED) is 0.546. The van der Waals surface area contributed by atoms with Gasteiger partial charge in [0.2, 0.25) is 0 Å². The highest BCUT2D eigenvalue weighted by Crippen LogP contribution is 2.40. The minimum absolute atomic E-state index is 0.0130. The lowest BCUT2D eigenvalue weighted by molar-refractivity contribution is -0.122. The van der Waals surface area contributed by atoms with Gasteiger partial charge in [-0.25, -0.2) is 0 Å². The first kappa shape index (κ1) is 19.7. The summed E-state index contributed by atoms with van der Waals surface area (Å²) in [4.78, 5) is 28.1. The molecule has 4 N–H and O–H groups in total. The summed E-state index contributed by atoms with van der Waals surface area (Å²) < 4.78 is 0. The summed E-state index contributed by atoms with van der Waals surface area (Å²) >= 11 is 5.95. The van der Waals surface area contributed by atoms with E-state index >= 15 is 0 Å². The molecule has 6 heteroatoms. The number of piperidine rings is 1. The van der Waals surface area contributed by atoms with Gasteiger partial charge in [0.25, 0.3) is 5.91 Å². The van der Waals surface area contributed by atoms with E-state index in [0.29, 0.717) is 18.8 Å². The molecule has 3 unspecified atom stereocenters. The maximum atomic E-state index is 12.7. The number of ketones is 1. The van der Waals surface area contributed by atoms with Crippen LogP contribution in [0.15, 0.2) is 54.6 Å². The number of fused-ring (bicyclic) bond motifs is 1. The first-order valence-electron chi connectivity index (χ1n) is 9.84. The number of aromatic nitrogens is 1. The summed E-state index contributed by atoms with van der Waals surface area (Å²) in [5.41, 5.74) is 9.09. The van der Waals surface area contributed by atoms with Crippen molar-refractivity contribution in [3.8, 4) is 0 Å². The predicted molar refractivity (Wildman–Crippen MR) is 115 cm³/mol. The first-order chi connectivity index (χ1) is 14.1. The highest BCUT2D eigenvalue weighted by molar-refractivity contribution is 6.28. The number of amides is 1. The number of primary amides is 1. The second-order valence-electron chi connectivity index (χ2n) is 7.65. The smallest absolute Gasteiger partial charge is 0.265 e. The average molecular weight is 410 g/mol. The molecule has 1 aliphatic heterocycles. The topological polar surface area (TPSA) is 88.0 Å². The normalized spacial score (nSPS) is 21.9. The molecule has 1 fully saturated rings. The molecule has 29 heavy (non-hydrogen) atoms. The van der Waals surface area contributed by atoms with E-state index in [9.17, 15) is 9.59 Å². The fourth-order valence-electron chi connectivity index (χ4n) is 4.66. The van der Waals surface area contributed by atoms with Gasteiger partial charge in [-0.05, 0) is 29.5 Å². The summed E-state index contributed by atoms with van der Waals surface area (Å²) in [6.07, 6.45) is 0.734. The van der Waals surface area contributed by atoms with E-state index in [1.807, 2.05) is 42.5 Å². The zero-order valence-electron chi connectivity index (χ0n) is 16.0. The van der Waals surface area contributed by atoms with E-state index in [4.69, 9.17) is 17.3 Å². The Balaban J connectivity index is 1.84. The highest BCUT2D eigenvalue weighted by Gasteiger charge is 2.40. The van der Waals surface area contributed by atoms with Gasteiger partial charge in [0, 0.05) is 35.8 Å². The standard InChI is InChI=1S/C23H24ClN3O2/c24-11-20(28)17-12-26-13-18(16(17)10-14-6-2-1-3-7-14)21-15-8-4-5-9-19(15)27-22(21)23(25)29/h1-9,16-18,26-27H,10-13H2,(H2,25,29). The van der Waals surface area contributed by atoms with E-state index in [1.165, 1.54) is 0 Å². The molecular formula is C23H24ClN3O2. The number of hydrogen-bond donors (Lipinski definition) is 3. The number of carbonyl (C=O) groups excluding carboxylic acids is 2. The molecule has 0 spiro atoms. The largest absolute Gasteiger partial charge is 0.364 e. The van der Waals surface area contributed by atoms with E-state index in [2.05, 4.69) is 22.4 Å². The second kappa shape index (κ2) is 8.39. The summed E-state index contributed by atoms with van der Waals surface area (Å²) in [5.74, 6) is -0.713. The van der Waals surface area contributed by atoms with E-state index in [1.54, 1.807) is 0 Å². The van der Waals surface area contributed by atoms with Crippen molar-refractivity contribution in [2.24, 2.45) is 17.6 Å². The molecule has 2 aromatic carbocycles. The molecule has 4 rings (SSSR count). The molecule has 5 nitrogen and oxygen atoms in total. The van der Waals surface area contributed by atoms with E-state index < -0.39 is 5.91 Å². The van der Waals surface area contributed by atoms with Crippen LogP contribution in [-0.2, 0) is 11.2 Å². The number of benzene rings is 2. The second-order valence-corrected chi connectivity index (χ2v) is 7.92. The van der Waals surface area contributed by atoms with Crippen molar-refractivity contribution in [2.75, 3.05) is 19.0 Å². The van der Waals surface area contributed by atoms with Gasteiger partial charge in [0.15, 0.2) is 5.78 Å². The maximum absolute atomic E-state index is 12.7. The lowest BCUT2D eigenvalue weighted by Gasteiger charge is -2.38. The van der Waals surface area contributed by atoms with Crippen LogP contribution in [0.5, 0.6) is 0 Å². The van der Waals surface area contributed by atoms with Crippen molar-refractivity contribution < 1.29 is 9.59 Å². The van der Waals surface area contributed by atoms with Gasteiger partial charge in [-0.1, -0.05) is 48.5 Å². The molecule has 0 radical (unpaired) electrons. The maximum Gasteiger partial charge on any atom is 0.265 e. The average Bonchev–Trinajstić information content (AvgIpc) is 3.14. The molecule has 0 aliphatic carbocycles. The third-order valence-electron chi connectivity index (χ3n) is 5.99. The van der Waals surface area contributed by atoms with Crippen molar-refractivity contribution >= 4 is 34.2 Å². The summed E-state index contributed by atoms with van der Waals surface area (Å²) in [5, 5.41) is 4.37. The monoisotopic (exact) mass is 409 g/mol.